The zero-order chi connectivity index (χ0) is 22.3. The maximum Gasteiger partial charge on any atom is 0.128 e. The van der Waals surface area contributed by atoms with Crippen molar-refractivity contribution in [2.24, 2.45) is 0 Å². The molecule has 3 aromatic rings. The minimum Gasteiger partial charge on any atom is -0.354 e. The van der Waals surface area contributed by atoms with Gasteiger partial charge in [0, 0.05) is 54.2 Å². The van der Waals surface area contributed by atoms with E-state index in [0.29, 0.717) is 31.7 Å². The zero-order valence-electron chi connectivity index (χ0n) is 17.0. The van der Waals surface area contributed by atoms with Crippen LogP contribution in [0.15, 0.2) is 65.3 Å². The minimum atomic E-state index is -1.25. The number of rotatable bonds is 4. The van der Waals surface area contributed by atoms with Crippen molar-refractivity contribution in [3.63, 3.8) is 0 Å². The average Bonchev–Trinajstić information content (AvgIpc) is 3.42. The van der Waals surface area contributed by atoms with Crippen LogP contribution >= 0.6 is 15.9 Å². The van der Waals surface area contributed by atoms with Gasteiger partial charge in [0.25, 0.3) is 0 Å². The van der Waals surface area contributed by atoms with E-state index in [9.17, 15) is 14.0 Å². The summed E-state index contributed by atoms with van der Waals surface area (Å²) in [5.41, 5.74) is 1.71. The van der Waals surface area contributed by atoms with Gasteiger partial charge >= 0.3 is 0 Å². The SMILES string of the molecule is N#Cc1cnn2cc(Br)cc(-c3ccc(N4CCN(C5(CF)C=CC=C5F)CC4)nc3)c12. The summed E-state index contributed by atoms with van der Waals surface area (Å²) in [6.45, 7) is 1.54. The summed E-state index contributed by atoms with van der Waals surface area (Å²) in [5, 5.41) is 13.7. The normalized spacial score (nSPS) is 21.2. The zero-order valence-corrected chi connectivity index (χ0v) is 18.6. The molecule has 0 radical (unpaired) electrons. The Morgan fingerprint density at radius 1 is 1.19 bits per heavy atom. The highest BCUT2D eigenvalue weighted by atomic mass is 79.9. The first-order valence-corrected chi connectivity index (χ1v) is 11.0. The van der Waals surface area contributed by atoms with Crippen molar-refractivity contribution in [1.82, 2.24) is 19.5 Å². The molecule has 5 rings (SSSR count). The lowest BCUT2D eigenvalue weighted by molar-refractivity contribution is 0.106. The first-order chi connectivity index (χ1) is 15.6. The van der Waals surface area contributed by atoms with Gasteiger partial charge in [0.15, 0.2) is 0 Å². The van der Waals surface area contributed by atoms with Crippen LogP contribution in [-0.4, -0.2) is 57.9 Å². The number of pyridine rings is 2. The Morgan fingerprint density at radius 2 is 2.00 bits per heavy atom. The molecule has 1 fully saturated rings. The van der Waals surface area contributed by atoms with Crippen LogP contribution < -0.4 is 4.90 Å². The van der Waals surface area contributed by atoms with Gasteiger partial charge in [-0.25, -0.2) is 18.3 Å². The van der Waals surface area contributed by atoms with Crippen LogP contribution in [0.5, 0.6) is 0 Å². The monoisotopic (exact) mass is 496 g/mol. The molecular weight excluding hydrogens is 478 g/mol. The summed E-state index contributed by atoms with van der Waals surface area (Å²) in [6, 6.07) is 8.04. The summed E-state index contributed by atoms with van der Waals surface area (Å²) >= 11 is 3.50. The van der Waals surface area contributed by atoms with Gasteiger partial charge in [-0.1, -0.05) is 12.2 Å². The minimum absolute atomic E-state index is 0.437. The quantitative estimate of drug-likeness (QED) is 0.539. The van der Waals surface area contributed by atoms with Gasteiger partial charge in [-0.3, -0.25) is 4.90 Å². The smallest absolute Gasteiger partial charge is 0.128 e. The van der Waals surface area contributed by atoms with Crippen molar-refractivity contribution in [3.8, 4) is 17.2 Å². The topological polar surface area (TPSA) is 60.5 Å². The summed E-state index contributed by atoms with van der Waals surface area (Å²) in [6.07, 6.45) is 9.66. The van der Waals surface area contributed by atoms with E-state index in [1.807, 2.05) is 29.3 Å². The number of halogens is 3. The number of alkyl halides is 1. The molecule has 1 atom stereocenters. The molecule has 1 aliphatic carbocycles. The number of piperazine rings is 1. The van der Waals surface area contributed by atoms with Gasteiger partial charge in [-0.2, -0.15) is 10.4 Å². The van der Waals surface area contributed by atoms with Gasteiger partial charge in [-0.05, 0) is 40.2 Å². The molecule has 0 aromatic carbocycles. The van der Waals surface area contributed by atoms with E-state index in [0.717, 1.165) is 26.9 Å². The molecule has 4 heterocycles. The lowest BCUT2D eigenvalue weighted by Gasteiger charge is -2.43. The largest absolute Gasteiger partial charge is 0.354 e. The Morgan fingerprint density at radius 3 is 2.62 bits per heavy atom. The van der Waals surface area contributed by atoms with Crippen LogP contribution in [0.2, 0.25) is 0 Å². The fraction of sp³-hybridized carbons (Fsp3) is 0.261. The van der Waals surface area contributed by atoms with Crippen LogP contribution in [0.1, 0.15) is 5.56 Å². The van der Waals surface area contributed by atoms with Gasteiger partial charge < -0.3 is 4.90 Å². The second kappa shape index (κ2) is 8.11. The molecule has 1 unspecified atom stereocenters. The molecule has 1 aliphatic heterocycles. The highest BCUT2D eigenvalue weighted by Gasteiger charge is 2.42. The van der Waals surface area contributed by atoms with E-state index < -0.39 is 18.0 Å². The molecule has 0 amide bonds. The lowest BCUT2D eigenvalue weighted by Crippen LogP contribution is -2.57. The number of allylic oxidation sites excluding steroid dienone is 2. The molecule has 9 heteroatoms. The van der Waals surface area contributed by atoms with E-state index in [-0.39, 0.29) is 0 Å². The van der Waals surface area contributed by atoms with Crippen molar-refractivity contribution in [1.29, 1.82) is 5.26 Å². The number of hydrogen-bond donors (Lipinski definition) is 0. The third kappa shape index (κ3) is 3.31. The standard InChI is InChI=1S/C23H19BrF2N6/c24-18-10-19(22-17(11-27)13-29-32(22)14-18)16-3-4-21(28-12-16)30-6-8-31(9-7-30)23(15-25)5-1-2-20(23)26/h1-5,10,12-14H,6-9,15H2. The van der Waals surface area contributed by atoms with Crippen LogP contribution in [0.25, 0.3) is 16.6 Å². The number of anilines is 1. The van der Waals surface area contributed by atoms with E-state index in [2.05, 4.69) is 37.0 Å². The molecule has 0 bridgehead atoms. The third-order valence-corrected chi connectivity index (χ3v) is 6.59. The maximum atomic E-state index is 14.3. The van der Waals surface area contributed by atoms with Gasteiger partial charge in [0.1, 0.15) is 29.9 Å². The Kier molecular flexibility index (Phi) is 5.27. The molecule has 0 N–H and O–H groups in total. The van der Waals surface area contributed by atoms with E-state index in [4.69, 9.17) is 0 Å². The molecule has 162 valence electrons. The molecular formula is C23H19BrF2N6. The average molecular weight is 497 g/mol. The Balaban J connectivity index is 1.36. The lowest BCUT2D eigenvalue weighted by atomic mass is 9.98. The van der Waals surface area contributed by atoms with Crippen molar-refractivity contribution >= 4 is 27.3 Å². The predicted molar refractivity (Wildman–Crippen MR) is 122 cm³/mol. The van der Waals surface area contributed by atoms with Crippen molar-refractivity contribution < 1.29 is 8.78 Å². The summed E-state index contributed by atoms with van der Waals surface area (Å²) in [4.78, 5) is 8.61. The first-order valence-electron chi connectivity index (χ1n) is 10.2. The highest BCUT2D eigenvalue weighted by Crippen LogP contribution is 2.34. The molecule has 32 heavy (non-hydrogen) atoms. The van der Waals surface area contributed by atoms with Gasteiger partial charge in [-0.15, -0.1) is 0 Å². The Hall–Kier alpha value is -3.09. The van der Waals surface area contributed by atoms with Crippen molar-refractivity contribution in [2.75, 3.05) is 37.8 Å². The predicted octanol–water partition coefficient (Wildman–Crippen LogP) is 4.28. The maximum absolute atomic E-state index is 14.3. The number of nitriles is 1. The summed E-state index contributed by atoms with van der Waals surface area (Å²) in [7, 11) is 0. The molecule has 6 nitrogen and oxygen atoms in total. The Bertz CT molecular complexity index is 1270. The summed E-state index contributed by atoms with van der Waals surface area (Å²) in [5.74, 6) is 0.369. The first kappa shape index (κ1) is 20.8. The second-order valence-corrected chi connectivity index (χ2v) is 8.76. The number of hydrogen-bond acceptors (Lipinski definition) is 5. The molecule has 0 spiro atoms. The third-order valence-electron chi connectivity index (χ3n) is 6.16. The number of nitrogens with zero attached hydrogens (tertiary/aromatic N) is 6. The molecule has 2 aliphatic rings. The van der Waals surface area contributed by atoms with E-state index >= 15 is 0 Å². The molecule has 1 saturated heterocycles. The Labute approximate surface area is 192 Å². The fourth-order valence-corrected chi connectivity index (χ4v) is 4.85. The van der Waals surface area contributed by atoms with Crippen LogP contribution in [0.4, 0.5) is 14.6 Å². The summed E-state index contributed by atoms with van der Waals surface area (Å²) < 4.78 is 30.6. The van der Waals surface area contributed by atoms with Crippen LogP contribution in [-0.2, 0) is 0 Å². The molecule has 0 saturated carbocycles. The van der Waals surface area contributed by atoms with E-state index in [1.165, 1.54) is 6.08 Å². The van der Waals surface area contributed by atoms with Crippen molar-refractivity contribution in [2.45, 2.75) is 5.54 Å². The van der Waals surface area contributed by atoms with Gasteiger partial charge in [0.05, 0.1) is 17.3 Å². The van der Waals surface area contributed by atoms with Crippen LogP contribution in [0.3, 0.4) is 0 Å². The van der Waals surface area contributed by atoms with Crippen LogP contribution in [0, 0.1) is 11.3 Å². The van der Waals surface area contributed by atoms with Crippen molar-refractivity contribution in [3.05, 3.63) is 70.9 Å². The number of fused-ring (bicyclic) bond motifs is 1. The van der Waals surface area contributed by atoms with E-state index in [1.54, 1.807) is 29.1 Å². The fourth-order valence-electron chi connectivity index (χ4n) is 4.42. The van der Waals surface area contributed by atoms with Gasteiger partial charge in [0.2, 0.25) is 0 Å². The second-order valence-electron chi connectivity index (χ2n) is 7.85. The molecule has 3 aromatic heterocycles. The highest BCUT2D eigenvalue weighted by molar-refractivity contribution is 9.10. The number of aromatic nitrogens is 3.